The van der Waals surface area contributed by atoms with E-state index in [2.05, 4.69) is 47.1 Å². The highest BCUT2D eigenvalue weighted by atomic mass is 35.5. The summed E-state index contributed by atoms with van der Waals surface area (Å²) in [6, 6.07) is 11.1. The van der Waals surface area contributed by atoms with Gasteiger partial charge < -0.3 is 10.5 Å². The van der Waals surface area contributed by atoms with Crippen molar-refractivity contribution in [3.8, 4) is 0 Å². The minimum Gasteiger partial charge on any atom is -0.379 e. The highest BCUT2D eigenvalue weighted by Crippen LogP contribution is 2.10. The molecule has 1 atom stereocenters. The van der Waals surface area contributed by atoms with E-state index in [0.717, 1.165) is 45.9 Å². The molecule has 5 heteroatoms. The molecule has 1 heterocycles. The molecule has 0 saturated carbocycles. The van der Waals surface area contributed by atoms with Gasteiger partial charge in [-0.3, -0.25) is 9.80 Å². The first-order chi connectivity index (χ1) is 9.79. The quantitative estimate of drug-likeness (QED) is 0.830. The summed E-state index contributed by atoms with van der Waals surface area (Å²) in [6.07, 6.45) is 0. The molecule has 2 rings (SSSR count). The van der Waals surface area contributed by atoms with Gasteiger partial charge in [-0.2, -0.15) is 0 Å². The van der Waals surface area contributed by atoms with Crippen molar-refractivity contribution in [1.29, 1.82) is 0 Å². The normalized spacial score (nSPS) is 17.5. The van der Waals surface area contributed by atoms with Crippen LogP contribution in [0.2, 0.25) is 0 Å². The van der Waals surface area contributed by atoms with Crippen LogP contribution in [0.5, 0.6) is 0 Å². The van der Waals surface area contributed by atoms with Crippen LogP contribution in [0, 0.1) is 0 Å². The van der Waals surface area contributed by atoms with Crippen LogP contribution < -0.4 is 5.73 Å². The third kappa shape index (κ3) is 6.32. The summed E-state index contributed by atoms with van der Waals surface area (Å²) >= 11 is 0. The van der Waals surface area contributed by atoms with E-state index in [9.17, 15) is 0 Å². The average Bonchev–Trinajstić information content (AvgIpc) is 2.49. The summed E-state index contributed by atoms with van der Waals surface area (Å²) in [5, 5.41) is 0. The number of rotatable bonds is 7. The zero-order valence-corrected chi connectivity index (χ0v) is 13.7. The number of benzene rings is 1. The first-order valence-electron chi connectivity index (χ1n) is 7.57. The monoisotopic (exact) mass is 313 g/mol. The molecule has 120 valence electrons. The zero-order chi connectivity index (χ0) is 14.2. The lowest BCUT2D eigenvalue weighted by Gasteiger charge is -2.35. The molecule has 0 aliphatic carbocycles. The molecule has 0 radical (unpaired) electrons. The van der Waals surface area contributed by atoms with Gasteiger partial charge in [-0.1, -0.05) is 30.3 Å². The lowest BCUT2D eigenvalue weighted by atomic mass is 10.1. The number of halogens is 1. The molecular formula is C16H28ClN3O. The Kier molecular flexibility index (Phi) is 8.88. The van der Waals surface area contributed by atoms with E-state index in [-0.39, 0.29) is 12.4 Å². The van der Waals surface area contributed by atoms with E-state index in [0.29, 0.717) is 12.6 Å². The van der Waals surface area contributed by atoms with Crippen molar-refractivity contribution in [2.45, 2.75) is 19.5 Å². The first kappa shape index (κ1) is 18.4. The Morgan fingerprint density at radius 1 is 1.24 bits per heavy atom. The fraction of sp³-hybridized carbons (Fsp3) is 0.625. The van der Waals surface area contributed by atoms with Gasteiger partial charge in [0.25, 0.3) is 0 Å². The van der Waals surface area contributed by atoms with Crippen LogP contribution in [-0.4, -0.2) is 61.8 Å². The second-order valence-electron chi connectivity index (χ2n) is 5.51. The van der Waals surface area contributed by atoms with Crippen molar-refractivity contribution in [3.05, 3.63) is 35.9 Å². The van der Waals surface area contributed by atoms with Gasteiger partial charge in [-0.05, 0) is 12.5 Å². The summed E-state index contributed by atoms with van der Waals surface area (Å²) in [5.74, 6) is 0. The molecule has 0 bridgehead atoms. The third-order valence-electron chi connectivity index (χ3n) is 3.89. The van der Waals surface area contributed by atoms with Crippen LogP contribution in [0.3, 0.4) is 0 Å². The molecular weight excluding hydrogens is 286 g/mol. The summed E-state index contributed by atoms with van der Waals surface area (Å²) in [4.78, 5) is 4.97. The summed E-state index contributed by atoms with van der Waals surface area (Å²) in [5.41, 5.74) is 7.14. The Hall–Kier alpha value is -0.650. The van der Waals surface area contributed by atoms with E-state index >= 15 is 0 Å². The Labute approximate surface area is 134 Å². The van der Waals surface area contributed by atoms with Crippen molar-refractivity contribution in [3.63, 3.8) is 0 Å². The summed E-state index contributed by atoms with van der Waals surface area (Å²) < 4.78 is 5.41. The molecule has 1 aliphatic heterocycles. The fourth-order valence-corrected chi connectivity index (χ4v) is 2.71. The van der Waals surface area contributed by atoms with Gasteiger partial charge in [0, 0.05) is 45.3 Å². The van der Waals surface area contributed by atoms with E-state index < -0.39 is 0 Å². The van der Waals surface area contributed by atoms with Crippen LogP contribution in [0.1, 0.15) is 12.5 Å². The molecule has 1 aromatic carbocycles. The van der Waals surface area contributed by atoms with Gasteiger partial charge in [0.05, 0.1) is 13.2 Å². The van der Waals surface area contributed by atoms with Crippen LogP contribution in [0.25, 0.3) is 0 Å². The molecule has 1 saturated heterocycles. The molecule has 1 aromatic rings. The average molecular weight is 314 g/mol. The van der Waals surface area contributed by atoms with Gasteiger partial charge in [-0.15, -0.1) is 12.4 Å². The second kappa shape index (κ2) is 10.1. The molecule has 1 aliphatic rings. The van der Waals surface area contributed by atoms with E-state index in [1.807, 2.05) is 0 Å². The maximum absolute atomic E-state index is 5.78. The SMILES string of the molecule is CC(CN1CCOCC1)N(CCN)Cc1ccccc1.Cl. The van der Waals surface area contributed by atoms with E-state index in [1.165, 1.54) is 5.56 Å². The topological polar surface area (TPSA) is 41.7 Å². The highest BCUT2D eigenvalue weighted by Gasteiger charge is 2.18. The lowest BCUT2D eigenvalue weighted by molar-refractivity contribution is 0.0239. The predicted molar refractivity (Wildman–Crippen MR) is 89.9 cm³/mol. The number of nitrogens with two attached hydrogens (primary N) is 1. The maximum atomic E-state index is 5.78. The Morgan fingerprint density at radius 3 is 2.52 bits per heavy atom. The van der Waals surface area contributed by atoms with Gasteiger partial charge in [-0.25, -0.2) is 0 Å². The number of hydrogen-bond acceptors (Lipinski definition) is 4. The number of nitrogens with zero attached hydrogens (tertiary/aromatic N) is 2. The van der Waals surface area contributed by atoms with Gasteiger partial charge >= 0.3 is 0 Å². The first-order valence-corrected chi connectivity index (χ1v) is 7.57. The molecule has 0 aromatic heterocycles. The van der Waals surface area contributed by atoms with Crippen LogP contribution >= 0.6 is 12.4 Å². The minimum atomic E-state index is 0. The van der Waals surface area contributed by atoms with Crippen LogP contribution in [-0.2, 0) is 11.3 Å². The van der Waals surface area contributed by atoms with Crippen molar-refractivity contribution < 1.29 is 4.74 Å². The van der Waals surface area contributed by atoms with Crippen LogP contribution in [0.4, 0.5) is 0 Å². The largest absolute Gasteiger partial charge is 0.379 e. The fourth-order valence-electron chi connectivity index (χ4n) is 2.71. The Bertz CT molecular complexity index is 371. The van der Waals surface area contributed by atoms with Crippen LogP contribution in [0.15, 0.2) is 30.3 Å². The summed E-state index contributed by atoms with van der Waals surface area (Å²) in [6.45, 7) is 9.84. The smallest absolute Gasteiger partial charge is 0.0594 e. The summed E-state index contributed by atoms with van der Waals surface area (Å²) in [7, 11) is 0. The van der Waals surface area contributed by atoms with Gasteiger partial charge in [0.1, 0.15) is 0 Å². The predicted octanol–water partition coefficient (Wildman–Crippen LogP) is 1.59. The van der Waals surface area contributed by atoms with Crippen molar-refractivity contribution in [2.24, 2.45) is 5.73 Å². The van der Waals surface area contributed by atoms with Crippen molar-refractivity contribution in [1.82, 2.24) is 9.80 Å². The molecule has 4 nitrogen and oxygen atoms in total. The lowest BCUT2D eigenvalue weighted by Crippen LogP contribution is -2.47. The molecule has 0 amide bonds. The molecule has 1 unspecified atom stereocenters. The van der Waals surface area contributed by atoms with Crippen molar-refractivity contribution >= 4 is 12.4 Å². The van der Waals surface area contributed by atoms with Gasteiger partial charge in [0.15, 0.2) is 0 Å². The molecule has 21 heavy (non-hydrogen) atoms. The molecule has 0 spiro atoms. The number of hydrogen-bond donors (Lipinski definition) is 1. The second-order valence-corrected chi connectivity index (χ2v) is 5.51. The Balaban J connectivity index is 0.00000220. The van der Waals surface area contributed by atoms with Crippen molar-refractivity contribution in [2.75, 3.05) is 45.9 Å². The highest BCUT2D eigenvalue weighted by molar-refractivity contribution is 5.85. The molecule has 2 N–H and O–H groups in total. The number of ether oxygens (including phenoxy) is 1. The Morgan fingerprint density at radius 2 is 1.90 bits per heavy atom. The maximum Gasteiger partial charge on any atom is 0.0594 e. The number of morpholine rings is 1. The van der Waals surface area contributed by atoms with E-state index in [4.69, 9.17) is 10.5 Å². The molecule has 1 fully saturated rings. The third-order valence-corrected chi connectivity index (χ3v) is 3.89. The van der Waals surface area contributed by atoms with Gasteiger partial charge in [0.2, 0.25) is 0 Å². The van der Waals surface area contributed by atoms with E-state index in [1.54, 1.807) is 0 Å². The standard InChI is InChI=1S/C16H27N3O.ClH/c1-15(13-18-9-11-20-12-10-18)19(8-7-17)14-16-5-3-2-4-6-16;/h2-6,15H,7-14,17H2,1H3;1H. The minimum absolute atomic E-state index is 0. The zero-order valence-electron chi connectivity index (χ0n) is 12.9.